The molecule has 0 radical (unpaired) electrons. The quantitative estimate of drug-likeness (QED) is 0.781. The highest BCUT2D eigenvalue weighted by Crippen LogP contribution is 2.07. The molecule has 1 rings (SSSR count). The van der Waals surface area contributed by atoms with Gasteiger partial charge < -0.3 is 15.3 Å². The minimum absolute atomic E-state index is 0.0110. The molecule has 0 spiro atoms. The number of aliphatic hydroxyl groups is 1. The van der Waals surface area contributed by atoms with Crippen molar-refractivity contribution in [3.63, 3.8) is 0 Å². The Bertz CT molecular complexity index is 274. The molecule has 1 heterocycles. The molecule has 1 aromatic heterocycles. The number of nitrogens with zero attached hydrogens (tertiary/aromatic N) is 1. The number of amides is 2. The van der Waals surface area contributed by atoms with Crippen LogP contribution in [0.5, 0.6) is 0 Å². The van der Waals surface area contributed by atoms with Crippen LogP contribution in [0.4, 0.5) is 4.79 Å². The molecule has 2 N–H and O–H groups in total. The summed E-state index contributed by atoms with van der Waals surface area (Å²) in [5.41, 5.74) is 0. The Morgan fingerprint density at radius 1 is 1.71 bits per heavy atom. The van der Waals surface area contributed by atoms with Gasteiger partial charge in [-0.1, -0.05) is 6.07 Å². The second kappa shape index (κ2) is 5.62. The minimum Gasteiger partial charge on any atom is -0.395 e. The molecule has 0 aromatic carbocycles. The van der Waals surface area contributed by atoms with Gasteiger partial charge in [0.1, 0.15) is 0 Å². The van der Waals surface area contributed by atoms with Gasteiger partial charge in [-0.25, -0.2) is 4.79 Å². The van der Waals surface area contributed by atoms with E-state index in [1.165, 1.54) is 4.90 Å². The van der Waals surface area contributed by atoms with Gasteiger partial charge in [-0.3, -0.25) is 0 Å². The number of hydrogen-bond donors (Lipinski definition) is 2. The standard InChI is InChI=1S/C9H14N2O2S/c1-11(4-5-12)9(13)10-7-8-3-2-6-14-8/h2-3,6,12H,4-5,7H2,1H3,(H,10,13). The minimum atomic E-state index is -0.160. The van der Waals surface area contributed by atoms with Crippen molar-refractivity contribution in [2.75, 3.05) is 20.2 Å². The molecular formula is C9H14N2O2S. The molecule has 4 nitrogen and oxygen atoms in total. The van der Waals surface area contributed by atoms with Gasteiger partial charge in [-0.15, -0.1) is 11.3 Å². The summed E-state index contributed by atoms with van der Waals surface area (Å²) in [4.78, 5) is 13.9. The number of carbonyl (C=O) groups is 1. The molecule has 2 amide bonds. The maximum atomic E-state index is 11.3. The first-order chi connectivity index (χ1) is 6.74. The van der Waals surface area contributed by atoms with Gasteiger partial charge in [0.2, 0.25) is 0 Å². The Kier molecular flexibility index (Phi) is 4.42. The van der Waals surface area contributed by atoms with Gasteiger partial charge in [0.25, 0.3) is 0 Å². The van der Waals surface area contributed by atoms with Gasteiger partial charge in [0.05, 0.1) is 13.2 Å². The predicted molar refractivity (Wildman–Crippen MR) is 56.3 cm³/mol. The van der Waals surface area contributed by atoms with Crippen LogP contribution in [0.15, 0.2) is 17.5 Å². The summed E-state index contributed by atoms with van der Waals surface area (Å²) in [5.74, 6) is 0. The van der Waals surface area contributed by atoms with Crippen LogP contribution in [0, 0.1) is 0 Å². The summed E-state index contributed by atoms with van der Waals surface area (Å²) in [7, 11) is 1.65. The van der Waals surface area contributed by atoms with Gasteiger partial charge in [0, 0.05) is 18.5 Å². The Hall–Kier alpha value is -1.07. The summed E-state index contributed by atoms with van der Waals surface area (Å²) in [6.07, 6.45) is 0. The van der Waals surface area contributed by atoms with E-state index in [0.717, 1.165) is 4.88 Å². The van der Waals surface area contributed by atoms with Crippen LogP contribution < -0.4 is 5.32 Å². The lowest BCUT2D eigenvalue weighted by Gasteiger charge is -2.15. The van der Waals surface area contributed by atoms with E-state index in [4.69, 9.17) is 5.11 Å². The lowest BCUT2D eigenvalue weighted by atomic mass is 10.4. The molecule has 0 aliphatic carbocycles. The third kappa shape index (κ3) is 3.35. The van der Waals surface area contributed by atoms with Crippen LogP contribution in [0.25, 0.3) is 0 Å². The van der Waals surface area contributed by atoms with Crippen molar-refractivity contribution >= 4 is 17.4 Å². The van der Waals surface area contributed by atoms with Gasteiger partial charge >= 0.3 is 6.03 Å². The normalized spacial score (nSPS) is 9.86. The average Bonchev–Trinajstić information content (AvgIpc) is 2.67. The molecule has 78 valence electrons. The summed E-state index contributed by atoms with van der Waals surface area (Å²) in [5, 5.41) is 13.3. The van der Waals surface area contributed by atoms with Crippen molar-refractivity contribution < 1.29 is 9.90 Å². The van der Waals surface area contributed by atoms with Crippen LogP contribution in [-0.4, -0.2) is 36.2 Å². The second-order valence-corrected chi connectivity index (χ2v) is 3.92. The maximum Gasteiger partial charge on any atom is 0.317 e. The molecule has 0 aliphatic rings. The largest absolute Gasteiger partial charge is 0.395 e. The lowest BCUT2D eigenvalue weighted by molar-refractivity contribution is 0.190. The van der Waals surface area contributed by atoms with Crippen molar-refractivity contribution in [1.29, 1.82) is 0 Å². The predicted octanol–water partition coefficient (Wildman–Crippen LogP) is 0.882. The number of aliphatic hydroxyl groups excluding tert-OH is 1. The third-order valence-corrected chi connectivity index (χ3v) is 2.65. The van der Waals surface area contributed by atoms with Gasteiger partial charge in [0.15, 0.2) is 0 Å². The highest BCUT2D eigenvalue weighted by atomic mass is 32.1. The highest BCUT2D eigenvalue weighted by Gasteiger charge is 2.06. The summed E-state index contributed by atoms with van der Waals surface area (Å²) in [6, 6.07) is 3.76. The molecule has 0 aliphatic heterocycles. The SMILES string of the molecule is CN(CCO)C(=O)NCc1cccs1. The Balaban J connectivity index is 2.27. The van der Waals surface area contributed by atoms with E-state index in [1.807, 2.05) is 17.5 Å². The number of rotatable bonds is 4. The lowest BCUT2D eigenvalue weighted by Crippen LogP contribution is -2.38. The molecule has 0 saturated carbocycles. The van der Waals surface area contributed by atoms with Crippen molar-refractivity contribution in [2.24, 2.45) is 0 Å². The van der Waals surface area contributed by atoms with Crippen molar-refractivity contribution in [1.82, 2.24) is 10.2 Å². The molecule has 0 saturated heterocycles. The monoisotopic (exact) mass is 214 g/mol. The van der Waals surface area contributed by atoms with Gasteiger partial charge in [-0.05, 0) is 11.4 Å². The number of carbonyl (C=O) groups excluding carboxylic acids is 1. The molecule has 1 aromatic rings. The van der Waals surface area contributed by atoms with Crippen molar-refractivity contribution in [3.8, 4) is 0 Å². The zero-order valence-electron chi connectivity index (χ0n) is 8.06. The zero-order chi connectivity index (χ0) is 10.4. The average molecular weight is 214 g/mol. The Morgan fingerprint density at radius 2 is 2.50 bits per heavy atom. The van der Waals surface area contributed by atoms with Crippen LogP contribution in [0.3, 0.4) is 0 Å². The van der Waals surface area contributed by atoms with Crippen molar-refractivity contribution in [2.45, 2.75) is 6.54 Å². The number of likely N-dealkylation sites (N-methyl/N-ethyl adjacent to an activating group) is 1. The topological polar surface area (TPSA) is 52.6 Å². The fourth-order valence-corrected chi connectivity index (χ4v) is 1.61. The van der Waals surface area contributed by atoms with Crippen LogP contribution >= 0.6 is 11.3 Å². The van der Waals surface area contributed by atoms with E-state index in [2.05, 4.69) is 5.32 Å². The second-order valence-electron chi connectivity index (χ2n) is 2.88. The van der Waals surface area contributed by atoms with E-state index in [-0.39, 0.29) is 12.6 Å². The number of urea groups is 1. The van der Waals surface area contributed by atoms with Crippen LogP contribution in [0.2, 0.25) is 0 Å². The molecule has 0 fully saturated rings. The molecule has 0 unspecified atom stereocenters. The molecule has 0 bridgehead atoms. The third-order valence-electron chi connectivity index (χ3n) is 1.78. The van der Waals surface area contributed by atoms with E-state index < -0.39 is 0 Å². The smallest absolute Gasteiger partial charge is 0.317 e. The molecular weight excluding hydrogens is 200 g/mol. The van der Waals surface area contributed by atoms with E-state index in [1.54, 1.807) is 18.4 Å². The first kappa shape index (κ1) is 11.0. The van der Waals surface area contributed by atoms with E-state index >= 15 is 0 Å². The Labute approximate surface area is 87.2 Å². The summed E-state index contributed by atoms with van der Waals surface area (Å²) < 4.78 is 0. The molecule has 0 atom stereocenters. The summed E-state index contributed by atoms with van der Waals surface area (Å²) in [6.45, 7) is 0.894. The van der Waals surface area contributed by atoms with Crippen molar-refractivity contribution in [3.05, 3.63) is 22.4 Å². The number of hydrogen-bond acceptors (Lipinski definition) is 3. The molecule has 5 heteroatoms. The number of nitrogens with one attached hydrogen (secondary N) is 1. The fraction of sp³-hybridized carbons (Fsp3) is 0.444. The maximum absolute atomic E-state index is 11.3. The Morgan fingerprint density at radius 3 is 3.07 bits per heavy atom. The molecule has 14 heavy (non-hydrogen) atoms. The van der Waals surface area contributed by atoms with Crippen LogP contribution in [-0.2, 0) is 6.54 Å². The van der Waals surface area contributed by atoms with E-state index in [0.29, 0.717) is 13.1 Å². The fourth-order valence-electron chi connectivity index (χ4n) is 0.962. The van der Waals surface area contributed by atoms with Gasteiger partial charge in [-0.2, -0.15) is 0 Å². The zero-order valence-corrected chi connectivity index (χ0v) is 8.88. The number of thiophene rings is 1. The first-order valence-corrected chi connectivity index (χ1v) is 5.24. The highest BCUT2D eigenvalue weighted by molar-refractivity contribution is 7.09. The first-order valence-electron chi connectivity index (χ1n) is 4.36. The summed E-state index contributed by atoms with van der Waals surface area (Å²) >= 11 is 1.61. The van der Waals surface area contributed by atoms with Crippen LogP contribution in [0.1, 0.15) is 4.88 Å². The van der Waals surface area contributed by atoms with E-state index in [9.17, 15) is 4.79 Å².